The van der Waals surface area contributed by atoms with Gasteiger partial charge < -0.3 is 9.47 Å². The zero-order valence-electron chi connectivity index (χ0n) is 11.9. The fourth-order valence-electron chi connectivity index (χ4n) is 1.86. The topological polar surface area (TPSA) is 53.4 Å². The molecule has 0 aliphatic rings. The maximum atomic E-state index is 12.1. The molecule has 1 unspecified atom stereocenters. The molecule has 5 nitrogen and oxygen atoms in total. The lowest BCUT2D eigenvalue weighted by atomic mass is 10.1. The summed E-state index contributed by atoms with van der Waals surface area (Å²) in [5.74, 6) is -0.388. The molecule has 0 aliphatic heterocycles. The molecular formula is C15H18N2O3. The smallest absolute Gasteiger partial charge is 0.342 e. The van der Waals surface area contributed by atoms with Crippen molar-refractivity contribution < 1.29 is 14.3 Å². The normalized spacial score (nSPS) is 12.2. The number of hydrogen-bond acceptors (Lipinski definition) is 4. The summed E-state index contributed by atoms with van der Waals surface area (Å²) in [4.78, 5) is 12.1. The summed E-state index contributed by atoms with van der Waals surface area (Å²) >= 11 is 0. The largest absolute Gasteiger partial charge is 0.459 e. The summed E-state index contributed by atoms with van der Waals surface area (Å²) in [6, 6.07) is 9.64. The number of rotatable bonds is 5. The van der Waals surface area contributed by atoms with Crippen LogP contribution in [-0.4, -0.2) is 35.6 Å². The molecule has 0 bridgehead atoms. The Morgan fingerprint density at radius 2 is 2.05 bits per heavy atom. The summed E-state index contributed by atoms with van der Waals surface area (Å²) in [7, 11) is 3.38. The molecule has 0 saturated carbocycles. The predicted octanol–water partition coefficient (Wildman–Crippen LogP) is 2.28. The Morgan fingerprint density at radius 1 is 1.35 bits per heavy atom. The first-order valence-electron chi connectivity index (χ1n) is 6.40. The van der Waals surface area contributed by atoms with Crippen molar-refractivity contribution >= 4 is 5.97 Å². The third-order valence-electron chi connectivity index (χ3n) is 3.06. The van der Waals surface area contributed by atoms with E-state index in [1.54, 1.807) is 18.8 Å². The second-order valence-corrected chi connectivity index (χ2v) is 4.54. The summed E-state index contributed by atoms with van der Waals surface area (Å²) in [5.41, 5.74) is 2.14. The average molecular weight is 274 g/mol. The number of aromatic nitrogens is 2. The van der Waals surface area contributed by atoms with Gasteiger partial charge in [-0.25, -0.2) is 4.79 Å². The van der Waals surface area contributed by atoms with Gasteiger partial charge in [0.05, 0.1) is 18.0 Å². The van der Waals surface area contributed by atoms with Gasteiger partial charge in [0, 0.05) is 19.7 Å². The van der Waals surface area contributed by atoms with Crippen LogP contribution in [0.3, 0.4) is 0 Å². The Hall–Kier alpha value is -2.14. The summed E-state index contributed by atoms with van der Waals surface area (Å²) in [5, 5.41) is 4.15. The Balaban J connectivity index is 2.23. The zero-order valence-corrected chi connectivity index (χ0v) is 11.9. The van der Waals surface area contributed by atoms with Gasteiger partial charge >= 0.3 is 5.97 Å². The number of methoxy groups -OCH3 is 1. The minimum absolute atomic E-state index is 0.129. The van der Waals surface area contributed by atoms with E-state index in [2.05, 4.69) is 5.10 Å². The van der Waals surface area contributed by atoms with Gasteiger partial charge in [0.2, 0.25) is 0 Å². The first kappa shape index (κ1) is 14.3. The number of carbonyl (C=O) groups excluding carboxylic acids is 1. The highest BCUT2D eigenvalue weighted by atomic mass is 16.6. The number of hydrogen-bond donors (Lipinski definition) is 0. The quantitative estimate of drug-likeness (QED) is 0.785. The van der Waals surface area contributed by atoms with Crippen LogP contribution in [0.4, 0.5) is 0 Å². The predicted molar refractivity (Wildman–Crippen MR) is 75.4 cm³/mol. The first-order chi connectivity index (χ1) is 9.63. The highest BCUT2D eigenvalue weighted by molar-refractivity contribution is 5.96. The second kappa shape index (κ2) is 6.34. The molecule has 2 rings (SSSR count). The van der Waals surface area contributed by atoms with E-state index in [4.69, 9.17) is 9.47 Å². The first-order valence-corrected chi connectivity index (χ1v) is 6.40. The van der Waals surface area contributed by atoms with Crippen LogP contribution >= 0.6 is 0 Å². The molecule has 0 amide bonds. The second-order valence-electron chi connectivity index (χ2n) is 4.54. The zero-order chi connectivity index (χ0) is 14.5. The molecule has 0 N–H and O–H groups in total. The van der Waals surface area contributed by atoms with Gasteiger partial charge in [-0.3, -0.25) is 4.68 Å². The maximum Gasteiger partial charge on any atom is 0.342 e. The molecule has 0 fully saturated rings. The van der Waals surface area contributed by atoms with E-state index in [9.17, 15) is 4.79 Å². The standard InChI is InChI=1S/C15H18N2O3/c1-11(19-3)10-20-15(18)13-9-16-17(2)14(13)12-7-5-4-6-8-12/h4-9,11H,10H2,1-3H3. The van der Waals surface area contributed by atoms with Crippen molar-refractivity contribution in [2.45, 2.75) is 13.0 Å². The Morgan fingerprint density at radius 3 is 2.70 bits per heavy atom. The van der Waals surface area contributed by atoms with Crippen LogP contribution in [0.5, 0.6) is 0 Å². The number of ether oxygens (including phenoxy) is 2. The van der Waals surface area contributed by atoms with Crippen molar-refractivity contribution in [2.24, 2.45) is 7.05 Å². The van der Waals surface area contributed by atoms with Crippen molar-refractivity contribution in [3.8, 4) is 11.3 Å². The van der Waals surface area contributed by atoms with Crippen LogP contribution in [0.15, 0.2) is 36.5 Å². The van der Waals surface area contributed by atoms with E-state index in [0.717, 1.165) is 11.3 Å². The average Bonchev–Trinajstić information content (AvgIpc) is 2.87. The van der Waals surface area contributed by atoms with E-state index in [1.807, 2.05) is 37.3 Å². The highest BCUT2D eigenvalue weighted by Crippen LogP contribution is 2.23. The molecule has 5 heteroatoms. The van der Waals surface area contributed by atoms with Crippen LogP contribution in [0, 0.1) is 0 Å². The maximum absolute atomic E-state index is 12.1. The third-order valence-corrected chi connectivity index (χ3v) is 3.06. The van der Waals surface area contributed by atoms with Gasteiger partial charge in [-0.15, -0.1) is 0 Å². The van der Waals surface area contributed by atoms with Gasteiger partial charge in [0.15, 0.2) is 0 Å². The third kappa shape index (κ3) is 3.05. The molecule has 0 aliphatic carbocycles. The monoisotopic (exact) mass is 274 g/mol. The fraction of sp³-hybridized carbons (Fsp3) is 0.333. The van der Waals surface area contributed by atoms with Crippen LogP contribution < -0.4 is 0 Å². The van der Waals surface area contributed by atoms with Gasteiger partial charge in [0.25, 0.3) is 0 Å². The van der Waals surface area contributed by atoms with Crippen molar-refractivity contribution in [2.75, 3.05) is 13.7 Å². The highest BCUT2D eigenvalue weighted by Gasteiger charge is 2.19. The van der Waals surface area contributed by atoms with Crippen LogP contribution in [0.25, 0.3) is 11.3 Å². The fourth-order valence-corrected chi connectivity index (χ4v) is 1.86. The number of benzene rings is 1. The molecule has 20 heavy (non-hydrogen) atoms. The molecule has 1 aromatic carbocycles. The molecule has 1 heterocycles. The number of carbonyl (C=O) groups is 1. The SMILES string of the molecule is COC(C)COC(=O)c1cnn(C)c1-c1ccccc1. The van der Waals surface area contributed by atoms with Crippen LogP contribution in [-0.2, 0) is 16.5 Å². The molecule has 0 spiro atoms. The molecule has 2 aromatic rings. The lowest BCUT2D eigenvalue weighted by Crippen LogP contribution is -2.17. The van der Waals surface area contributed by atoms with E-state index in [1.165, 1.54) is 6.20 Å². The Kier molecular flexibility index (Phi) is 4.53. The lowest BCUT2D eigenvalue weighted by Gasteiger charge is -2.10. The van der Waals surface area contributed by atoms with Crippen molar-refractivity contribution in [3.05, 3.63) is 42.1 Å². The Labute approximate surface area is 118 Å². The lowest BCUT2D eigenvalue weighted by molar-refractivity contribution is 0.0170. The van der Waals surface area contributed by atoms with E-state index >= 15 is 0 Å². The van der Waals surface area contributed by atoms with Gasteiger partial charge in [-0.05, 0) is 6.92 Å². The van der Waals surface area contributed by atoms with Gasteiger partial charge in [0.1, 0.15) is 12.2 Å². The number of aryl methyl sites for hydroxylation is 1. The summed E-state index contributed by atoms with van der Waals surface area (Å²) < 4.78 is 12.0. The number of esters is 1. The molecule has 1 aromatic heterocycles. The minimum atomic E-state index is -0.388. The molecule has 106 valence electrons. The van der Waals surface area contributed by atoms with E-state index in [0.29, 0.717) is 5.56 Å². The van der Waals surface area contributed by atoms with Crippen molar-refractivity contribution in [3.63, 3.8) is 0 Å². The van der Waals surface area contributed by atoms with E-state index in [-0.39, 0.29) is 18.7 Å². The molecule has 0 saturated heterocycles. The summed E-state index contributed by atoms with van der Waals surface area (Å²) in [6.45, 7) is 2.06. The van der Waals surface area contributed by atoms with Crippen molar-refractivity contribution in [1.29, 1.82) is 0 Å². The molecular weight excluding hydrogens is 256 g/mol. The van der Waals surface area contributed by atoms with E-state index < -0.39 is 0 Å². The van der Waals surface area contributed by atoms with Crippen molar-refractivity contribution in [1.82, 2.24) is 9.78 Å². The summed E-state index contributed by atoms with van der Waals surface area (Å²) in [6.07, 6.45) is 1.40. The molecule has 1 atom stereocenters. The number of nitrogens with zero attached hydrogens (tertiary/aromatic N) is 2. The van der Waals surface area contributed by atoms with Crippen LogP contribution in [0.1, 0.15) is 17.3 Å². The van der Waals surface area contributed by atoms with Crippen LogP contribution in [0.2, 0.25) is 0 Å². The minimum Gasteiger partial charge on any atom is -0.459 e. The van der Waals surface area contributed by atoms with Gasteiger partial charge in [-0.1, -0.05) is 30.3 Å². The Bertz CT molecular complexity index is 578. The molecule has 0 radical (unpaired) electrons. The van der Waals surface area contributed by atoms with Gasteiger partial charge in [-0.2, -0.15) is 5.10 Å².